The maximum absolute atomic E-state index is 13.1. The van der Waals surface area contributed by atoms with Gasteiger partial charge in [-0.05, 0) is 31.9 Å². The maximum Gasteiger partial charge on any atom is 0.254 e. The van der Waals surface area contributed by atoms with Gasteiger partial charge in [-0.15, -0.1) is 0 Å². The maximum atomic E-state index is 13.1. The van der Waals surface area contributed by atoms with Crippen LogP contribution in [0.3, 0.4) is 0 Å². The lowest BCUT2D eigenvalue weighted by molar-refractivity contribution is 0.0575. The van der Waals surface area contributed by atoms with Crippen molar-refractivity contribution in [2.24, 2.45) is 0 Å². The fraction of sp³-hybridized carbons (Fsp3) is 0.500. The number of piperazine rings is 1. The van der Waals surface area contributed by atoms with Crippen LogP contribution in [0.15, 0.2) is 30.3 Å². The van der Waals surface area contributed by atoms with Crippen LogP contribution < -0.4 is 0 Å². The van der Waals surface area contributed by atoms with Crippen molar-refractivity contribution in [1.82, 2.24) is 14.8 Å². The molecule has 2 aromatic rings. The molecule has 1 saturated carbocycles. The second-order valence-corrected chi connectivity index (χ2v) is 7.09. The summed E-state index contributed by atoms with van der Waals surface area (Å²) < 4.78 is 0. The standard InChI is InChI=1S/C20H25N3O/c1-15-14-18(17-8-4-5-9-19(17)21-15)20(24)23-12-10-22(11-13-23)16-6-2-3-7-16/h4-5,8-9,14,16H,2-3,6-7,10-13H2,1H3. The largest absolute Gasteiger partial charge is 0.336 e. The summed E-state index contributed by atoms with van der Waals surface area (Å²) >= 11 is 0. The first kappa shape index (κ1) is 15.6. The number of benzene rings is 1. The van der Waals surface area contributed by atoms with Crippen LogP contribution in [0.25, 0.3) is 10.9 Å². The highest BCUT2D eigenvalue weighted by molar-refractivity contribution is 6.06. The van der Waals surface area contributed by atoms with Gasteiger partial charge in [0.2, 0.25) is 0 Å². The van der Waals surface area contributed by atoms with Gasteiger partial charge in [0.15, 0.2) is 0 Å². The summed E-state index contributed by atoms with van der Waals surface area (Å²) in [4.78, 5) is 22.2. The van der Waals surface area contributed by atoms with Crippen LogP contribution in [0.2, 0.25) is 0 Å². The van der Waals surface area contributed by atoms with Gasteiger partial charge in [0, 0.05) is 43.3 Å². The van der Waals surface area contributed by atoms with Gasteiger partial charge in [-0.1, -0.05) is 31.0 Å². The van der Waals surface area contributed by atoms with Crippen molar-refractivity contribution in [3.63, 3.8) is 0 Å². The van der Waals surface area contributed by atoms with Crippen molar-refractivity contribution in [1.29, 1.82) is 0 Å². The van der Waals surface area contributed by atoms with E-state index in [2.05, 4.69) is 9.88 Å². The zero-order chi connectivity index (χ0) is 16.5. The predicted molar refractivity (Wildman–Crippen MR) is 96.2 cm³/mol. The predicted octanol–water partition coefficient (Wildman–Crippen LogP) is 3.24. The number of nitrogens with zero attached hydrogens (tertiary/aromatic N) is 3. The van der Waals surface area contributed by atoms with Crippen molar-refractivity contribution < 1.29 is 4.79 Å². The number of hydrogen-bond acceptors (Lipinski definition) is 3. The summed E-state index contributed by atoms with van der Waals surface area (Å²) in [7, 11) is 0. The molecule has 1 aliphatic heterocycles. The van der Waals surface area contributed by atoms with E-state index in [0.717, 1.165) is 54.4 Å². The molecular weight excluding hydrogens is 298 g/mol. The molecule has 0 N–H and O–H groups in total. The monoisotopic (exact) mass is 323 g/mol. The lowest BCUT2D eigenvalue weighted by atomic mass is 10.1. The van der Waals surface area contributed by atoms with Gasteiger partial charge in [0.25, 0.3) is 5.91 Å². The zero-order valence-corrected chi connectivity index (χ0v) is 14.4. The van der Waals surface area contributed by atoms with E-state index >= 15 is 0 Å². The zero-order valence-electron chi connectivity index (χ0n) is 14.4. The van der Waals surface area contributed by atoms with Crippen molar-refractivity contribution in [3.05, 3.63) is 41.6 Å². The summed E-state index contributed by atoms with van der Waals surface area (Å²) in [5.41, 5.74) is 2.61. The second kappa shape index (κ2) is 6.52. The van der Waals surface area contributed by atoms with Crippen molar-refractivity contribution in [2.45, 2.75) is 38.6 Å². The Kier molecular flexibility index (Phi) is 4.23. The van der Waals surface area contributed by atoms with Gasteiger partial charge in [-0.3, -0.25) is 14.7 Å². The quantitative estimate of drug-likeness (QED) is 0.851. The van der Waals surface area contributed by atoms with Gasteiger partial charge in [-0.2, -0.15) is 0 Å². The minimum absolute atomic E-state index is 0.155. The molecule has 1 aromatic carbocycles. The van der Waals surface area contributed by atoms with Crippen LogP contribution in [0, 0.1) is 6.92 Å². The van der Waals surface area contributed by atoms with Crippen LogP contribution in [-0.4, -0.2) is 52.9 Å². The summed E-state index contributed by atoms with van der Waals surface area (Å²) in [5.74, 6) is 0.155. The Labute approximate surface area is 143 Å². The number of para-hydroxylation sites is 1. The molecule has 24 heavy (non-hydrogen) atoms. The summed E-state index contributed by atoms with van der Waals surface area (Å²) in [6.45, 7) is 5.66. The third-order valence-corrected chi connectivity index (χ3v) is 5.52. The number of pyridine rings is 1. The van der Waals surface area contributed by atoms with Gasteiger partial charge < -0.3 is 4.90 Å². The molecule has 2 heterocycles. The van der Waals surface area contributed by atoms with Crippen LogP contribution >= 0.6 is 0 Å². The number of hydrogen-bond donors (Lipinski definition) is 0. The van der Waals surface area contributed by atoms with Crippen LogP contribution in [0.5, 0.6) is 0 Å². The molecule has 4 nitrogen and oxygen atoms in total. The SMILES string of the molecule is Cc1cc(C(=O)N2CCN(C3CCCC3)CC2)c2ccccc2n1. The molecule has 2 fully saturated rings. The number of aromatic nitrogens is 1. The highest BCUT2D eigenvalue weighted by atomic mass is 16.2. The van der Waals surface area contributed by atoms with Gasteiger partial charge >= 0.3 is 0 Å². The van der Waals surface area contributed by atoms with E-state index in [9.17, 15) is 4.79 Å². The molecule has 4 rings (SSSR count). The molecule has 2 aliphatic rings. The molecule has 1 aromatic heterocycles. The highest BCUT2D eigenvalue weighted by Gasteiger charge is 2.28. The highest BCUT2D eigenvalue weighted by Crippen LogP contribution is 2.25. The molecule has 1 aliphatic carbocycles. The molecule has 0 bridgehead atoms. The third kappa shape index (κ3) is 2.91. The van der Waals surface area contributed by atoms with Crippen molar-refractivity contribution in [2.75, 3.05) is 26.2 Å². The fourth-order valence-corrected chi connectivity index (χ4v) is 4.21. The van der Waals surface area contributed by atoms with Crippen molar-refractivity contribution in [3.8, 4) is 0 Å². The Bertz CT molecular complexity index is 744. The lowest BCUT2D eigenvalue weighted by Crippen LogP contribution is -2.51. The molecular formula is C20H25N3O. The van der Waals surface area contributed by atoms with E-state index in [-0.39, 0.29) is 5.91 Å². The average Bonchev–Trinajstić information content (AvgIpc) is 3.15. The number of carbonyl (C=O) groups excluding carboxylic acids is 1. The summed E-state index contributed by atoms with van der Waals surface area (Å²) in [6.07, 6.45) is 5.41. The Morgan fingerprint density at radius 2 is 1.79 bits per heavy atom. The van der Waals surface area contributed by atoms with Gasteiger partial charge in [0.1, 0.15) is 0 Å². The van der Waals surface area contributed by atoms with E-state index in [0.29, 0.717) is 0 Å². The lowest BCUT2D eigenvalue weighted by Gasteiger charge is -2.38. The molecule has 0 unspecified atom stereocenters. The number of amides is 1. The van der Waals surface area contributed by atoms with Crippen molar-refractivity contribution >= 4 is 16.8 Å². The molecule has 126 valence electrons. The first-order valence-electron chi connectivity index (χ1n) is 9.12. The molecule has 0 radical (unpaired) electrons. The van der Waals surface area contributed by atoms with Crippen LogP contribution in [0.1, 0.15) is 41.7 Å². The number of rotatable bonds is 2. The molecule has 0 spiro atoms. The van der Waals surface area contributed by atoms with E-state index < -0.39 is 0 Å². The Hall–Kier alpha value is -1.94. The summed E-state index contributed by atoms with van der Waals surface area (Å²) in [6, 6.07) is 10.6. The summed E-state index contributed by atoms with van der Waals surface area (Å²) in [5, 5.41) is 0.964. The van der Waals surface area contributed by atoms with Gasteiger partial charge in [-0.25, -0.2) is 0 Å². The van der Waals surface area contributed by atoms with Gasteiger partial charge in [0.05, 0.1) is 11.1 Å². The molecule has 0 atom stereocenters. The van der Waals surface area contributed by atoms with E-state index in [4.69, 9.17) is 0 Å². The third-order valence-electron chi connectivity index (χ3n) is 5.52. The first-order chi connectivity index (χ1) is 11.7. The molecule has 1 amide bonds. The number of carbonyl (C=O) groups is 1. The smallest absolute Gasteiger partial charge is 0.254 e. The minimum Gasteiger partial charge on any atom is -0.336 e. The van der Waals surface area contributed by atoms with Crippen LogP contribution in [-0.2, 0) is 0 Å². The normalized spacial score (nSPS) is 20.0. The number of fused-ring (bicyclic) bond motifs is 1. The Balaban J connectivity index is 1.52. The molecule has 4 heteroatoms. The molecule has 1 saturated heterocycles. The van der Waals surface area contributed by atoms with E-state index in [1.807, 2.05) is 42.2 Å². The number of aryl methyl sites for hydroxylation is 1. The Morgan fingerprint density at radius 1 is 1.08 bits per heavy atom. The minimum atomic E-state index is 0.155. The first-order valence-corrected chi connectivity index (χ1v) is 9.12. The van der Waals surface area contributed by atoms with E-state index in [1.165, 1.54) is 25.7 Å². The average molecular weight is 323 g/mol. The fourth-order valence-electron chi connectivity index (χ4n) is 4.21. The van der Waals surface area contributed by atoms with E-state index in [1.54, 1.807) is 0 Å². The van der Waals surface area contributed by atoms with Crippen LogP contribution in [0.4, 0.5) is 0 Å². The second-order valence-electron chi connectivity index (χ2n) is 7.09. The topological polar surface area (TPSA) is 36.4 Å². The Morgan fingerprint density at radius 3 is 2.54 bits per heavy atom.